The monoisotopic (exact) mass is 389 g/mol. The van der Waals surface area contributed by atoms with E-state index in [9.17, 15) is 10.1 Å². The van der Waals surface area contributed by atoms with Gasteiger partial charge in [-0.1, -0.05) is 0 Å². The van der Waals surface area contributed by atoms with Crippen molar-refractivity contribution in [1.82, 2.24) is 14.8 Å². The van der Waals surface area contributed by atoms with Crippen LogP contribution in [-0.4, -0.2) is 20.8 Å². The summed E-state index contributed by atoms with van der Waals surface area (Å²) in [5.41, 5.74) is 5.35. The van der Waals surface area contributed by atoms with E-state index in [2.05, 4.69) is 11.4 Å². The second kappa shape index (κ2) is 7.62. The van der Waals surface area contributed by atoms with Crippen LogP contribution in [0.5, 0.6) is 0 Å². The normalized spacial score (nSPS) is 23.1. The fourth-order valence-electron chi connectivity index (χ4n) is 5.16. The third-order valence-electron chi connectivity index (χ3n) is 6.79. The Hall–Kier alpha value is -2.68. The maximum atomic E-state index is 12.6. The molecule has 3 aliphatic carbocycles. The van der Waals surface area contributed by atoms with E-state index in [-0.39, 0.29) is 11.6 Å². The van der Waals surface area contributed by atoms with Gasteiger partial charge in [-0.25, -0.2) is 9.67 Å². The van der Waals surface area contributed by atoms with E-state index in [0.717, 1.165) is 87.0 Å². The summed E-state index contributed by atoms with van der Waals surface area (Å²) < 4.78 is 1.74. The molecule has 6 heteroatoms. The van der Waals surface area contributed by atoms with Gasteiger partial charge in [0.25, 0.3) is 5.56 Å². The summed E-state index contributed by atoms with van der Waals surface area (Å²) in [4.78, 5) is 17.4. The third-order valence-corrected chi connectivity index (χ3v) is 6.79. The van der Waals surface area contributed by atoms with E-state index in [1.165, 1.54) is 12.0 Å². The number of hydrogen-bond donors (Lipinski definition) is 1. The Morgan fingerprint density at radius 1 is 0.966 bits per heavy atom. The Kier molecular flexibility index (Phi) is 4.83. The topological polar surface area (TPSA) is 83.6 Å². The molecule has 0 radical (unpaired) electrons. The molecule has 0 bridgehead atoms. The van der Waals surface area contributed by atoms with E-state index >= 15 is 0 Å². The number of aromatic nitrogens is 3. The molecule has 29 heavy (non-hydrogen) atoms. The number of anilines is 1. The highest BCUT2D eigenvalue weighted by Crippen LogP contribution is 2.31. The molecule has 150 valence electrons. The number of nitrogens with one attached hydrogen (secondary N) is 1. The summed E-state index contributed by atoms with van der Waals surface area (Å²) in [7, 11) is 0. The fraction of sp³-hybridized carbons (Fsp3) is 0.565. The Balaban J connectivity index is 1.28. The molecule has 0 unspecified atom stereocenters. The molecule has 5 rings (SSSR count). The molecule has 3 aliphatic rings. The molecule has 2 aromatic rings. The summed E-state index contributed by atoms with van der Waals surface area (Å²) in [5.74, 6) is 0.737. The molecular formula is C23H27N5O. The highest BCUT2D eigenvalue weighted by Gasteiger charge is 2.26. The SMILES string of the molecule is N#Cc1cc2c(nc1NC1CCC(n3nc4c(cc3=O)CCCC4)CC1)CCC2. The molecule has 6 nitrogen and oxygen atoms in total. The Labute approximate surface area is 171 Å². The minimum absolute atomic E-state index is 0.0501. The van der Waals surface area contributed by atoms with E-state index in [1.54, 1.807) is 4.68 Å². The summed E-state index contributed by atoms with van der Waals surface area (Å²) in [6.07, 6.45) is 11.3. The average molecular weight is 390 g/mol. The van der Waals surface area contributed by atoms with Gasteiger partial charge in [0.1, 0.15) is 11.9 Å². The fourth-order valence-corrected chi connectivity index (χ4v) is 5.16. The predicted molar refractivity (Wildman–Crippen MR) is 111 cm³/mol. The smallest absolute Gasteiger partial charge is 0.267 e. The standard InChI is InChI=1S/C23H27N5O/c24-14-17-12-15-5-3-7-20(15)26-23(17)25-18-8-10-19(11-9-18)28-22(29)13-16-4-1-2-6-21(16)27-28/h12-13,18-19H,1-11H2,(H,25,26). The van der Waals surface area contributed by atoms with E-state index in [4.69, 9.17) is 10.1 Å². The molecule has 0 aromatic carbocycles. The predicted octanol–water partition coefficient (Wildman–Crippen LogP) is 3.47. The van der Waals surface area contributed by atoms with Crippen molar-refractivity contribution >= 4 is 5.82 Å². The molecule has 0 spiro atoms. The van der Waals surface area contributed by atoms with Gasteiger partial charge in [0, 0.05) is 17.8 Å². The number of rotatable bonds is 3. The lowest BCUT2D eigenvalue weighted by molar-refractivity contribution is 0.300. The second-order valence-corrected chi connectivity index (χ2v) is 8.71. The number of aryl methyl sites for hydroxylation is 4. The van der Waals surface area contributed by atoms with Crippen molar-refractivity contribution in [3.05, 3.63) is 50.6 Å². The molecule has 1 fully saturated rings. The Morgan fingerprint density at radius 3 is 2.52 bits per heavy atom. The first-order chi connectivity index (χ1) is 14.2. The lowest BCUT2D eigenvalue weighted by Gasteiger charge is -2.30. The van der Waals surface area contributed by atoms with Gasteiger partial charge < -0.3 is 5.32 Å². The van der Waals surface area contributed by atoms with Crippen molar-refractivity contribution in [1.29, 1.82) is 5.26 Å². The lowest BCUT2D eigenvalue weighted by Crippen LogP contribution is -2.34. The van der Waals surface area contributed by atoms with Crippen LogP contribution in [0.25, 0.3) is 0 Å². The van der Waals surface area contributed by atoms with Crippen molar-refractivity contribution in [2.24, 2.45) is 0 Å². The summed E-state index contributed by atoms with van der Waals surface area (Å²) in [6, 6.07) is 6.61. The van der Waals surface area contributed by atoms with Crippen LogP contribution in [0.1, 0.15) is 79.1 Å². The molecule has 0 aliphatic heterocycles. The number of nitrogens with zero attached hydrogens (tertiary/aromatic N) is 4. The number of hydrogen-bond acceptors (Lipinski definition) is 5. The van der Waals surface area contributed by atoms with Gasteiger partial charge in [0.15, 0.2) is 0 Å². The lowest BCUT2D eigenvalue weighted by atomic mass is 9.90. The molecule has 0 saturated heterocycles. The van der Waals surface area contributed by atoms with Crippen molar-refractivity contribution < 1.29 is 0 Å². The zero-order valence-corrected chi connectivity index (χ0v) is 16.8. The van der Waals surface area contributed by atoms with Gasteiger partial charge in [0.05, 0.1) is 17.3 Å². The minimum atomic E-state index is 0.0501. The van der Waals surface area contributed by atoms with Gasteiger partial charge in [0.2, 0.25) is 0 Å². The minimum Gasteiger partial charge on any atom is -0.366 e. The van der Waals surface area contributed by atoms with Crippen molar-refractivity contribution in [3.63, 3.8) is 0 Å². The summed E-state index contributed by atoms with van der Waals surface area (Å²) >= 11 is 0. The molecular weight excluding hydrogens is 362 g/mol. The van der Waals surface area contributed by atoms with Crippen LogP contribution in [0.4, 0.5) is 5.82 Å². The first kappa shape index (κ1) is 18.4. The quantitative estimate of drug-likeness (QED) is 0.869. The number of fused-ring (bicyclic) bond motifs is 2. The van der Waals surface area contributed by atoms with E-state index in [0.29, 0.717) is 11.6 Å². The van der Waals surface area contributed by atoms with Crippen LogP contribution in [0, 0.1) is 11.3 Å². The molecule has 0 atom stereocenters. The van der Waals surface area contributed by atoms with Gasteiger partial charge in [-0.3, -0.25) is 4.79 Å². The summed E-state index contributed by atoms with van der Waals surface area (Å²) in [5, 5.41) is 17.8. The van der Waals surface area contributed by atoms with Crippen LogP contribution in [0.15, 0.2) is 16.9 Å². The largest absolute Gasteiger partial charge is 0.366 e. The zero-order valence-electron chi connectivity index (χ0n) is 16.8. The van der Waals surface area contributed by atoms with Gasteiger partial charge in [-0.15, -0.1) is 0 Å². The molecule has 2 aromatic heterocycles. The maximum absolute atomic E-state index is 12.6. The van der Waals surface area contributed by atoms with E-state index in [1.807, 2.05) is 12.1 Å². The molecule has 2 heterocycles. The molecule has 1 N–H and O–H groups in total. The van der Waals surface area contributed by atoms with Gasteiger partial charge >= 0.3 is 0 Å². The highest BCUT2D eigenvalue weighted by atomic mass is 16.1. The summed E-state index contributed by atoms with van der Waals surface area (Å²) in [6.45, 7) is 0. The average Bonchev–Trinajstić information content (AvgIpc) is 3.20. The maximum Gasteiger partial charge on any atom is 0.267 e. The van der Waals surface area contributed by atoms with Gasteiger partial charge in [-0.05, 0) is 87.8 Å². The van der Waals surface area contributed by atoms with E-state index < -0.39 is 0 Å². The molecule has 1 saturated carbocycles. The third kappa shape index (κ3) is 3.55. The zero-order chi connectivity index (χ0) is 19.8. The van der Waals surface area contributed by atoms with Crippen molar-refractivity contribution in [3.8, 4) is 6.07 Å². The number of nitriles is 1. The second-order valence-electron chi connectivity index (χ2n) is 8.71. The first-order valence-electron chi connectivity index (χ1n) is 11.0. The first-order valence-corrected chi connectivity index (χ1v) is 11.0. The Morgan fingerprint density at radius 2 is 1.69 bits per heavy atom. The van der Waals surface area contributed by atoms with Crippen LogP contribution in [0.2, 0.25) is 0 Å². The highest BCUT2D eigenvalue weighted by molar-refractivity contribution is 5.55. The Bertz CT molecular complexity index is 1030. The van der Waals surface area contributed by atoms with Crippen molar-refractivity contribution in [2.75, 3.05) is 5.32 Å². The van der Waals surface area contributed by atoms with Crippen LogP contribution >= 0.6 is 0 Å². The van der Waals surface area contributed by atoms with Crippen LogP contribution < -0.4 is 10.9 Å². The molecule has 0 amide bonds. The van der Waals surface area contributed by atoms with Crippen molar-refractivity contribution in [2.45, 2.75) is 82.7 Å². The number of pyridine rings is 1. The van der Waals surface area contributed by atoms with Gasteiger partial charge in [-0.2, -0.15) is 10.4 Å². The van der Waals surface area contributed by atoms with Crippen LogP contribution in [0.3, 0.4) is 0 Å². The van der Waals surface area contributed by atoms with Crippen LogP contribution in [-0.2, 0) is 25.7 Å².